The van der Waals surface area contributed by atoms with Crippen LogP contribution in [-0.4, -0.2) is 15.0 Å². The molecule has 0 fully saturated rings. The van der Waals surface area contributed by atoms with E-state index in [1.165, 1.54) is 21.1 Å². The molecule has 0 aliphatic rings. The van der Waals surface area contributed by atoms with Gasteiger partial charge in [0, 0.05) is 43.4 Å². The van der Waals surface area contributed by atoms with Crippen molar-refractivity contribution in [1.29, 1.82) is 0 Å². The Hall–Kier alpha value is -2.85. The Bertz CT molecular complexity index is 1380. The molecule has 4 heterocycles. The first-order valence-corrected chi connectivity index (χ1v) is 17.3. The van der Waals surface area contributed by atoms with Crippen molar-refractivity contribution in [2.24, 2.45) is 0 Å². The molecule has 4 aromatic rings. The fourth-order valence-corrected chi connectivity index (χ4v) is 5.37. The van der Waals surface area contributed by atoms with E-state index in [2.05, 4.69) is 175 Å². The Morgan fingerprint density at radius 3 is 1.02 bits per heavy atom. The SMILES string of the molecule is CC(C)(C)c1ccc(C(C)(C)C)s1.CC(C)(C)c1cccc(C(C)(C)C)n1.CC(C)c1cccc(-c2cccc(C(C)C)n2)n1. The van der Waals surface area contributed by atoms with E-state index in [9.17, 15) is 0 Å². The number of nitrogens with zero attached hydrogens (tertiary/aromatic N) is 3. The van der Waals surface area contributed by atoms with Crippen molar-refractivity contribution in [3.8, 4) is 11.4 Å². The molecule has 0 spiro atoms. The van der Waals surface area contributed by atoms with Crippen molar-refractivity contribution in [3.05, 3.63) is 99.3 Å². The van der Waals surface area contributed by atoms with Gasteiger partial charge in [-0.25, -0.2) is 0 Å². The van der Waals surface area contributed by atoms with Crippen LogP contribution in [0.5, 0.6) is 0 Å². The maximum absolute atomic E-state index is 4.72. The quantitative estimate of drug-likeness (QED) is 0.227. The zero-order chi connectivity index (χ0) is 34.4. The number of rotatable bonds is 3. The Kier molecular flexibility index (Phi) is 12.9. The minimum Gasteiger partial charge on any atom is -0.257 e. The maximum Gasteiger partial charge on any atom is 0.0889 e. The molecule has 0 saturated heterocycles. The van der Waals surface area contributed by atoms with Gasteiger partial charge in [-0.15, -0.1) is 11.3 Å². The van der Waals surface area contributed by atoms with E-state index in [-0.39, 0.29) is 10.8 Å². The van der Waals surface area contributed by atoms with Crippen LogP contribution < -0.4 is 0 Å². The lowest BCUT2D eigenvalue weighted by Crippen LogP contribution is -2.19. The van der Waals surface area contributed by atoms with Gasteiger partial charge < -0.3 is 0 Å². The van der Waals surface area contributed by atoms with E-state index in [0.717, 1.165) is 22.8 Å². The van der Waals surface area contributed by atoms with E-state index in [1.807, 2.05) is 23.5 Å². The number of hydrogen-bond acceptors (Lipinski definition) is 4. The second-order valence-corrected chi connectivity index (χ2v) is 17.9. The predicted octanol–water partition coefficient (Wildman–Crippen LogP) is 12.4. The molecule has 0 aliphatic carbocycles. The second-order valence-electron chi connectivity index (χ2n) is 16.8. The van der Waals surface area contributed by atoms with Crippen LogP contribution in [0.3, 0.4) is 0 Å². The lowest BCUT2D eigenvalue weighted by atomic mass is 9.88. The summed E-state index contributed by atoms with van der Waals surface area (Å²) in [7, 11) is 0. The van der Waals surface area contributed by atoms with Crippen molar-refractivity contribution < 1.29 is 0 Å². The highest BCUT2D eigenvalue weighted by molar-refractivity contribution is 7.12. The summed E-state index contributed by atoms with van der Waals surface area (Å²) in [6.45, 7) is 35.4. The molecule has 0 unspecified atom stereocenters. The summed E-state index contributed by atoms with van der Waals surface area (Å²) in [6.07, 6.45) is 0. The number of hydrogen-bond donors (Lipinski definition) is 0. The van der Waals surface area contributed by atoms with Crippen LogP contribution in [-0.2, 0) is 21.7 Å². The molecule has 0 aromatic carbocycles. The summed E-state index contributed by atoms with van der Waals surface area (Å²) in [5.41, 5.74) is 7.38. The van der Waals surface area contributed by atoms with Crippen LogP contribution in [0.1, 0.15) is 155 Å². The summed E-state index contributed by atoms with van der Waals surface area (Å²) >= 11 is 1.95. The minimum absolute atomic E-state index is 0.140. The second kappa shape index (κ2) is 15.2. The van der Waals surface area contributed by atoms with Crippen LogP contribution in [0.25, 0.3) is 11.4 Å². The molecule has 0 N–H and O–H groups in total. The highest BCUT2D eigenvalue weighted by Crippen LogP contribution is 2.35. The van der Waals surface area contributed by atoms with E-state index < -0.39 is 0 Å². The Morgan fingerprint density at radius 1 is 0.422 bits per heavy atom. The number of pyridine rings is 3. The van der Waals surface area contributed by atoms with Crippen molar-refractivity contribution in [2.75, 3.05) is 0 Å². The van der Waals surface area contributed by atoms with Gasteiger partial charge in [0.25, 0.3) is 0 Å². The average molecular weight is 628 g/mol. The maximum atomic E-state index is 4.72. The molecule has 0 saturated carbocycles. The molecule has 45 heavy (non-hydrogen) atoms. The van der Waals surface area contributed by atoms with Gasteiger partial charge in [0.1, 0.15) is 0 Å². The van der Waals surface area contributed by atoms with Gasteiger partial charge in [-0.05, 0) is 71.2 Å². The van der Waals surface area contributed by atoms with Crippen molar-refractivity contribution in [3.63, 3.8) is 0 Å². The van der Waals surface area contributed by atoms with Gasteiger partial charge in [0.2, 0.25) is 0 Å². The van der Waals surface area contributed by atoms with Gasteiger partial charge in [-0.2, -0.15) is 0 Å². The molecule has 4 aromatic heterocycles. The summed E-state index contributed by atoms with van der Waals surface area (Å²) in [4.78, 5) is 17.0. The first-order valence-electron chi connectivity index (χ1n) is 16.5. The van der Waals surface area contributed by atoms with Crippen LogP contribution >= 0.6 is 11.3 Å². The lowest BCUT2D eigenvalue weighted by molar-refractivity contribution is 0.531. The Balaban J connectivity index is 0.000000239. The zero-order valence-electron chi connectivity index (χ0n) is 31.3. The molecule has 0 bridgehead atoms. The normalized spacial score (nSPS) is 12.4. The molecule has 0 radical (unpaired) electrons. The molecule has 0 atom stereocenters. The molecular formula is C41H61N3S. The third kappa shape index (κ3) is 12.1. The third-order valence-electron chi connectivity index (χ3n) is 7.36. The van der Waals surface area contributed by atoms with Crippen LogP contribution in [0.15, 0.2) is 66.7 Å². The summed E-state index contributed by atoms with van der Waals surface area (Å²) in [5.74, 6) is 0.886. The summed E-state index contributed by atoms with van der Waals surface area (Å²) < 4.78 is 0. The third-order valence-corrected chi connectivity index (χ3v) is 9.29. The molecule has 0 aliphatic heterocycles. The van der Waals surface area contributed by atoms with E-state index in [1.54, 1.807) is 0 Å². The summed E-state index contributed by atoms with van der Waals surface area (Å²) in [5, 5.41) is 0. The highest BCUT2D eigenvalue weighted by atomic mass is 32.1. The number of aromatic nitrogens is 3. The standard InChI is InChI=1S/C16H20N2.C13H21N.C12H20S/c1-11(2)13-7-5-9-15(17-13)16-10-6-8-14(18-16)12(3)4;1-12(2,3)10-8-7-9-11(14-10)13(4,5)6;1-11(2,3)9-7-8-10(13-9)12(4,5)6/h5-12H,1-4H3;7-9H,1-6H3;7-8H,1-6H3. The van der Waals surface area contributed by atoms with Crippen LogP contribution in [0, 0.1) is 0 Å². The van der Waals surface area contributed by atoms with Gasteiger partial charge in [0.05, 0.1) is 11.4 Å². The van der Waals surface area contributed by atoms with Gasteiger partial charge in [-0.3, -0.25) is 15.0 Å². The molecular weight excluding hydrogens is 567 g/mol. The zero-order valence-corrected chi connectivity index (χ0v) is 32.1. The monoisotopic (exact) mass is 627 g/mol. The van der Waals surface area contributed by atoms with Crippen LogP contribution in [0.4, 0.5) is 0 Å². The molecule has 4 heteroatoms. The van der Waals surface area contributed by atoms with E-state index in [0.29, 0.717) is 22.7 Å². The van der Waals surface area contributed by atoms with Gasteiger partial charge >= 0.3 is 0 Å². The lowest BCUT2D eigenvalue weighted by Gasteiger charge is -2.23. The summed E-state index contributed by atoms with van der Waals surface area (Å²) in [6, 6.07) is 23.2. The Labute approximate surface area is 280 Å². The van der Waals surface area contributed by atoms with Crippen molar-refractivity contribution in [1.82, 2.24) is 15.0 Å². The van der Waals surface area contributed by atoms with E-state index >= 15 is 0 Å². The molecule has 0 amide bonds. The Morgan fingerprint density at radius 2 is 0.756 bits per heavy atom. The van der Waals surface area contributed by atoms with E-state index in [4.69, 9.17) is 4.98 Å². The minimum atomic E-state index is 0.140. The average Bonchev–Trinajstić information content (AvgIpc) is 3.46. The first kappa shape index (κ1) is 38.3. The topological polar surface area (TPSA) is 38.7 Å². The molecule has 3 nitrogen and oxygen atoms in total. The van der Waals surface area contributed by atoms with Crippen molar-refractivity contribution in [2.45, 2.75) is 144 Å². The predicted molar refractivity (Wildman–Crippen MR) is 199 cm³/mol. The van der Waals surface area contributed by atoms with Crippen LogP contribution in [0.2, 0.25) is 0 Å². The fourth-order valence-electron chi connectivity index (χ4n) is 4.25. The molecule has 246 valence electrons. The van der Waals surface area contributed by atoms with Gasteiger partial charge in [-0.1, -0.05) is 129 Å². The van der Waals surface area contributed by atoms with Gasteiger partial charge in [0.15, 0.2) is 0 Å². The van der Waals surface area contributed by atoms with Crippen molar-refractivity contribution >= 4 is 11.3 Å². The largest absolute Gasteiger partial charge is 0.257 e. The smallest absolute Gasteiger partial charge is 0.0889 e. The fraction of sp³-hybridized carbons (Fsp3) is 0.537. The molecule has 4 rings (SSSR count). The number of thiophene rings is 1. The first-order chi connectivity index (χ1) is 20.5. The highest BCUT2D eigenvalue weighted by Gasteiger charge is 2.22.